The molecule has 4 nitrogen and oxygen atoms in total. The first-order chi connectivity index (χ1) is 14.6. The quantitative estimate of drug-likeness (QED) is 0.431. The molecule has 0 saturated carbocycles. The Hall–Kier alpha value is -3.34. The zero-order chi connectivity index (χ0) is 21.3. The lowest BCUT2D eigenvalue weighted by atomic mass is 10.1. The van der Waals surface area contributed by atoms with Crippen molar-refractivity contribution in [2.75, 3.05) is 13.7 Å². The summed E-state index contributed by atoms with van der Waals surface area (Å²) < 4.78 is 30.5. The van der Waals surface area contributed by atoms with Crippen LogP contribution in [0.2, 0.25) is 0 Å². The Kier molecular flexibility index (Phi) is 7.44. The molecule has 0 heterocycles. The molecule has 0 bridgehead atoms. The van der Waals surface area contributed by atoms with Crippen LogP contribution in [-0.4, -0.2) is 19.4 Å². The van der Waals surface area contributed by atoms with Crippen LogP contribution < -0.4 is 14.2 Å². The molecular weight excluding hydrogens is 381 g/mol. The molecular formula is C25H26FNO3. The van der Waals surface area contributed by atoms with Gasteiger partial charge in [0.25, 0.3) is 0 Å². The van der Waals surface area contributed by atoms with Crippen LogP contribution in [0.4, 0.5) is 4.39 Å². The van der Waals surface area contributed by atoms with E-state index in [1.54, 1.807) is 19.2 Å². The van der Waals surface area contributed by atoms with Crippen molar-refractivity contribution in [2.45, 2.75) is 26.4 Å². The van der Waals surface area contributed by atoms with Gasteiger partial charge in [-0.15, -0.1) is 0 Å². The molecule has 3 aromatic carbocycles. The van der Waals surface area contributed by atoms with Gasteiger partial charge in [-0.25, -0.2) is 4.39 Å². The molecule has 0 aliphatic carbocycles. The number of benzene rings is 3. The average molecular weight is 407 g/mol. The van der Waals surface area contributed by atoms with Crippen LogP contribution in [0.1, 0.15) is 30.0 Å². The first-order valence-corrected chi connectivity index (χ1v) is 9.94. The van der Waals surface area contributed by atoms with Crippen LogP contribution >= 0.6 is 0 Å². The molecule has 0 saturated heterocycles. The Bertz CT molecular complexity index is 969. The number of hydrogen-bond acceptors (Lipinski definition) is 4. The van der Waals surface area contributed by atoms with Crippen molar-refractivity contribution in [3.63, 3.8) is 0 Å². The van der Waals surface area contributed by atoms with Gasteiger partial charge in [0.05, 0.1) is 12.8 Å². The van der Waals surface area contributed by atoms with Crippen LogP contribution in [0.25, 0.3) is 0 Å². The third-order valence-corrected chi connectivity index (χ3v) is 4.69. The summed E-state index contributed by atoms with van der Waals surface area (Å²) in [7, 11) is 1.61. The fourth-order valence-electron chi connectivity index (χ4n) is 2.97. The Labute approximate surface area is 176 Å². The number of aryl methyl sites for hydroxylation is 1. The van der Waals surface area contributed by atoms with Crippen molar-refractivity contribution < 1.29 is 18.6 Å². The molecule has 0 amide bonds. The minimum absolute atomic E-state index is 0.172. The van der Waals surface area contributed by atoms with Gasteiger partial charge in [-0.3, -0.25) is 0 Å². The van der Waals surface area contributed by atoms with Crippen molar-refractivity contribution >= 4 is 5.71 Å². The predicted molar refractivity (Wildman–Crippen MR) is 116 cm³/mol. The molecule has 3 rings (SSSR count). The van der Waals surface area contributed by atoms with Gasteiger partial charge in [0.1, 0.15) is 36.3 Å². The van der Waals surface area contributed by atoms with Gasteiger partial charge < -0.3 is 19.6 Å². The van der Waals surface area contributed by atoms with Crippen molar-refractivity contribution in [3.8, 4) is 17.2 Å². The third kappa shape index (κ3) is 5.83. The summed E-state index contributed by atoms with van der Waals surface area (Å²) in [4.78, 5) is 0. The highest BCUT2D eigenvalue weighted by molar-refractivity contribution is 5.99. The van der Waals surface area contributed by atoms with Crippen molar-refractivity contribution in [3.05, 3.63) is 89.2 Å². The minimum atomic E-state index is -0.225. The fourth-order valence-corrected chi connectivity index (χ4v) is 2.97. The second kappa shape index (κ2) is 10.4. The molecule has 0 fully saturated rings. The standard InChI is InChI=1S/C25H26FNO3/c1-3-4-19-7-14-23(15-24(19)26)29-16-18-5-10-22(11-6-18)30-17-25(27)20-8-12-21(28-2)13-9-20/h5-15,27H,3-4,16-17H2,1-2H3. The summed E-state index contributed by atoms with van der Waals surface area (Å²) in [6, 6.07) is 19.8. The summed E-state index contributed by atoms with van der Waals surface area (Å²) in [5.74, 6) is 1.72. The van der Waals surface area contributed by atoms with Gasteiger partial charge in [0.15, 0.2) is 0 Å². The summed E-state index contributed by atoms with van der Waals surface area (Å²) in [6.07, 6.45) is 1.63. The van der Waals surface area contributed by atoms with E-state index in [0.717, 1.165) is 29.7 Å². The van der Waals surface area contributed by atoms with E-state index < -0.39 is 0 Å². The largest absolute Gasteiger partial charge is 0.497 e. The van der Waals surface area contributed by atoms with Gasteiger partial charge >= 0.3 is 0 Å². The maximum absolute atomic E-state index is 14.0. The van der Waals surface area contributed by atoms with Crippen molar-refractivity contribution in [2.24, 2.45) is 0 Å². The van der Waals surface area contributed by atoms with E-state index in [0.29, 0.717) is 29.4 Å². The molecule has 0 aromatic heterocycles. The van der Waals surface area contributed by atoms with Crippen LogP contribution in [0, 0.1) is 11.2 Å². The summed E-state index contributed by atoms with van der Waals surface area (Å²) in [5, 5.41) is 8.15. The molecule has 1 N–H and O–H groups in total. The van der Waals surface area contributed by atoms with E-state index in [9.17, 15) is 4.39 Å². The molecule has 156 valence electrons. The average Bonchev–Trinajstić information content (AvgIpc) is 2.78. The first-order valence-electron chi connectivity index (χ1n) is 9.94. The highest BCUT2D eigenvalue weighted by atomic mass is 19.1. The van der Waals surface area contributed by atoms with Crippen molar-refractivity contribution in [1.29, 1.82) is 5.41 Å². The number of nitrogens with one attached hydrogen (secondary N) is 1. The Balaban J connectivity index is 1.49. The predicted octanol–water partition coefficient (Wildman–Crippen LogP) is 5.81. The van der Waals surface area contributed by atoms with Crippen molar-refractivity contribution in [1.82, 2.24) is 0 Å². The number of rotatable bonds is 10. The molecule has 0 aliphatic heterocycles. The lowest BCUT2D eigenvalue weighted by Crippen LogP contribution is -2.11. The van der Waals surface area contributed by atoms with Crippen LogP contribution in [0.15, 0.2) is 66.7 Å². The topological polar surface area (TPSA) is 51.5 Å². The Morgan fingerprint density at radius 3 is 2.17 bits per heavy atom. The van der Waals surface area contributed by atoms with E-state index in [-0.39, 0.29) is 12.4 Å². The van der Waals surface area contributed by atoms with E-state index in [2.05, 4.69) is 0 Å². The maximum atomic E-state index is 14.0. The number of methoxy groups -OCH3 is 1. The Morgan fingerprint density at radius 2 is 1.53 bits per heavy atom. The molecule has 30 heavy (non-hydrogen) atoms. The minimum Gasteiger partial charge on any atom is -0.497 e. The SMILES string of the molecule is CCCc1ccc(OCc2ccc(OCC(=N)c3ccc(OC)cc3)cc2)cc1F. The fraction of sp³-hybridized carbons (Fsp3) is 0.240. The molecule has 0 unspecified atom stereocenters. The van der Waals surface area contributed by atoms with Crippen LogP contribution in [0.5, 0.6) is 17.2 Å². The number of hydrogen-bond donors (Lipinski definition) is 1. The van der Waals surface area contributed by atoms with E-state index >= 15 is 0 Å². The molecule has 0 radical (unpaired) electrons. The monoisotopic (exact) mass is 407 g/mol. The van der Waals surface area contributed by atoms with E-state index in [1.165, 1.54) is 6.07 Å². The molecule has 0 aliphatic rings. The van der Waals surface area contributed by atoms with E-state index in [1.807, 2.05) is 55.5 Å². The van der Waals surface area contributed by atoms with Crippen LogP contribution in [0.3, 0.4) is 0 Å². The summed E-state index contributed by atoms with van der Waals surface area (Å²) in [6.45, 7) is 2.54. The maximum Gasteiger partial charge on any atom is 0.130 e. The number of halogens is 1. The Morgan fingerprint density at radius 1 is 0.867 bits per heavy atom. The highest BCUT2D eigenvalue weighted by Crippen LogP contribution is 2.20. The zero-order valence-corrected chi connectivity index (χ0v) is 17.3. The van der Waals surface area contributed by atoms with Crippen LogP contribution in [-0.2, 0) is 13.0 Å². The van der Waals surface area contributed by atoms with E-state index in [4.69, 9.17) is 19.6 Å². The van der Waals surface area contributed by atoms with Gasteiger partial charge in [-0.2, -0.15) is 0 Å². The lowest BCUT2D eigenvalue weighted by molar-refractivity contribution is 0.304. The van der Waals surface area contributed by atoms with Gasteiger partial charge in [-0.05, 0) is 65.6 Å². The molecule has 3 aromatic rings. The first kappa shape index (κ1) is 21.4. The number of ether oxygens (including phenoxy) is 3. The third-order valence-electron chi connectivity index (χ3n) is 4.69. The second-order valence-electron chi connectivity index (χ2n) is 6.93. The zero-order valence-electron chi connectivity index (χ0n) is 17.3. The molecule has 0 spiro atoms. The van der Waals surface area contributed by atoms with Gasteiger partial charge in [-0.1, -0.05) is 31.5 Å². The summed E-state index contributed by atoms with van der Waals surface area (Å²) in [5.41, 5.74) is 2.84. The van der Waals surface area contributed by atoms with Gasteiger partial charge in [0.2, 0.25) is 0 Å². The normalized spacial score (nSPS) is 10.5. The van der Waals surface area contributed by atoms with Gasteiger partial charge in [0, 0.05) is 6.07 Å². The summed E-state index contributed by atoms with van der Waals surface area (Å²) >= 11 is 0. The highest BCUT2D eigenvalue weighted by Gasteiger charge is 2.06. The smallest absolute Gasteiger partial charge is 0.130 e. The second-order valence-corrected chi connectivity index (χ2v) is 6.93. The molecule has 5 heteroatoms. The molecule has 0 atom stereocenters. The lowest BCUT2D eigenvalue weighted by Gasteiger charge is -2.10.